The molecule has 1 aromatic rings. The lowest BCUT2D eigenvalue weighted by atomic mass is 9.95. The van der Waals surface area contributed by atoms with E-state index >= 15 is 0 Å². The van der Waals surface area contributed by atoms with Crippen LogP contribution in [0, 0.1) is 5.92 Å². The maximum atomic E-state index is 12.9. The summed E-state index contributed by atoms with van der Waals surface area (Å²) in [7, 11) is -0.228. The summed E-state index contributed by atoms with van der Waals surface area (Å²) in [4.78, 5) is 58.5. The number of esters is 1. The Labute approximate surface area is 200 Å². The maximum absolute atomic E-state index is 12.9. The molecule has 2 saturated heterocycles. The summed E-state index contributed by atoms with van der Waals surface area (Å²) in [5.74, 6) is -2.36. The quantitative estimate of drug-likeness (QED) is 0.155. The molecule has 180 valence electrons. The van der Waals surface area contributed by atoms with Gasteiger partial charge in [0.2, 0.25) is 11.8 Å². The minimum absolute atomic E-state index is 0.0623. The third kappa shape index (κ3) is 5.33. The molecule has 3 rings (SSSR count). The molecular formula is C18H22ClN5O7S2. The number of nitrogens with zero attached hydrogens (tertiary/aromatic N) is 3. The standard InChI is InChI=1S/C18H22ClN5O7S2/c1-8-10(5-31-9(2)25)7-33(29)17-14(16(28)24(8)17)22-15(27)13(23-30-3)11-6-32-18(20-11)21-12(26)4-19/h6,8,10,14,17H,4-5,7H2,1-3H3,(H,22,27)(H,20,21,26)/b23-13-. The molecule has 2 aliphatic rings. The number of hydrogen-bond acceptors (Lipinski definition) is 10. The van der Waals surface area contributed by atoms with Crippen LogP contribution in [0.25, 0.3) is 0 Å². The number of β-lactam (4-membered cyclic amide) rings is 1. The van der Waals surface area contributed by atoms with E-state index in [2.05, 4.69) is 20.8 Å². The van der Waals surface area contributed by atoms with Gasteiger partial charge in [0.15, 0.2) is 10.8 Å². The second kappa shape index (κ2) is 10.6. The fourth-order valence-electron chi connectivity index (χ4n) is 3.52. The van der Waals surface area contributed by atoms with Gasteiger partial charge in [-0.2, -0.15) is 0 Å². The Kier molecular flexibility index (Phi) is 8.02. The Morgan fingerprint density at radius 1 is 1.42 bits per heavy atom. The largest absolute Gasteiger partial charge is 0.465 e. The molecule has 3 amide bonds. The van der Waals surface area contributed by atoms with Crippen molar-refractivity contribution in [2.75, 3.05) is 30.7 Å². The predicted octanol–water partition coefficient (Wildman–Crippen LogP) is -0.346. The number of carbonyl (C=O) groups is 4. The molecule has 5 unspecified atom stereocenters. The summed E-state index contributed by atoms with van der Waals surface area (Å²) in [5, 5.41) is 9.71. The molecule has 12 nitrogen and oxygen atoms in total. The predicted molar refractivity (Wildman–Crippen MR) is 120 cm³/mol. The lowest BCUT2D eigenvalue weighted by Crippen LogP contribution is -2.77. The van der Waals surface area contributed by atoms with E-state index in [1.54, 1.807) is 6.92 Å². The van der Waals surface area contributed by atoms with Crippen LogP contribution in [0.1, 0.15) is 19.5 Å². The Bertz CT molecular complexity index is 1020. The number of oxime groups is 1. The Hall–Kier alpha value is -2.58. The van der Waals surface area contributed by atoms with Crippen LogP contribution in [0.4, 0.5) is 5.13 Å². The van der Waals surface area contributed by atoms with Crippen molar-refractivity contribution in [3.8, 4) is 0 Å². The normalized spacial score (nSPS) is 26.7. The zero-order valence-corrected chi connectivity index (χ0v) is 20.3. The van der Waals surface area contributed by atoms with Crippen molar-refractivity contribution in [1.82, 2.24) is 15.2 Å². The van der Waals surface area contributed by atoms with Gasteiger partial charge in [-0.1, -0.05) is 5.16 Å². The number of carbonyl (C=O) groups excluding carboxylic acids is 4. The molecule has 2 aliphatic heterocycles. The van der Waals surface area contributed by atoms with Gasteiger partial charge >= 0.3 is 5.97 Å². The van der Waals surface area contributed by atoms with Crippen LogP contribution in [0.3, 0.4) is 0 Å². The van der Waals surface area contributed by atoms with Crippen LogP contribution in [-0.2, 0) is 39.6 Å². The molecule has 1 aromatic heterocycles. The number of alkyl halides is 1. The van der Waals surface area contributed by atoms with Crippen LogP contribution in [-0.4, -0.2) is 86.3 Å². The highest BCUT2D eigenvalue weighted by atomic mass is 35.5. The zero-order chi connectivity index (χ0) is 24.3. The van der Waals surface area contributed by atoms with Gasteiger partial charge in [-0.05, 0) is 6.92 Å². The maximum Gasteiger partial charge on any atom is 0.302 e. The highest BCUT2D eigenvalue weighted by Crippen LogP contribution is 2.35. The van der Waals surface area contributed by atoms with E-state index < -0.39 is 45.9 Å². The molecule has 5 atom stereocenters. The summed E-state index contributed by atoms with van der Waals surface area (Å²) >= 11 is 6.51. The minimum Gasteiger partial charge on any atom is -0.465 e. The van der Waals surface area contributed by atoms with Gasteiger partial charge in [-0.3, -0.25) is 23.4 Å². The number of anilines is 1. The lowest BCUT2D eigenvalue weighted by Gasteiger charge is -2.54. The van der Waals surface area contributed by atoms with Crippen LogP contribution in [0.5, 0.6) is 0 Å². The third-order valence-corrected chi connectivity index (χ3v) is 7.94. The van der Waals surface area contributed by atoms with Crippen LogP contribution < -0.4 is 10.6 Å². The fourth-order valence-corrected chi connectivity index (χ4v) is 6.33. The van der Waals surface area contributed by atoms with Crippen molar-refractivity contribution < 1.29 is 33.0 Å². The van der Waals surface area contributed by atoms with E-state index in [-0.39, 0.29) is 46.7 Å². The molecule has 33 heavy (non-hydrogen) atoms. The van der Waals surface area contributed by atoms with Crippen molar-refractivity contribution in [2.24, 2.45) is 11.1 Å². The number of fused-ring (bicyclic) bond motifs is 1. The van der Waals surface area contributed by atoms with Gasteiger partial charge in [0.25, 0.3) is 5.91 Å². The Morgan fingerprint density at radius 2 is 2.15 bits per heavy atom. The van der Waals surface area contributed by atoms with Crippen LogP contribution >= 0.6 is 22.9 Å². The topological polar surface area (TPSA) is 156 Å². The minimum atomic E-state index is -1.47. The van der Waals surface area contributed by atoms with Gasteiger partial charge in [0.1, 0.15) is 30.1 Å². The van der Waals surface area contributed by atoms with E-state index in [0.717, 1.165) is 11.3 Å². The van der Waals surface area contributed by atoms with E-state index in [1.807, 2.05) is 0 Å². The first-order valence-corrected chi connectivity index (χ1v) is 12.5. The number of hydrogen-bond donors (Lipinski definition) is 2. The first-order chi connectivity index (χ1) is 15.7. The molecule has 0 aliphatic carbocycles. The second-order valence-corrected chi connectivity index (χ2v) is 9.98. The first kappa shape index (κ1) is 25.1. The number of halogens is 1. The van der Waals surface area contributed by atoms with Crippen molar-refractivity contribution in [1.29, 1.82) is 0 Å². The average molecular weight is 520 g/mol. The van der Waals surface area contributed by atoms with Crippen molar-refractivity contribution in [3.05, 3.63) is 11.1 Å². The number of aromatic nitrogens is 1. The molecule has 0 saturated carbocycles. The molecule has 0 aromatic carbocycles. The highest BCUT2D eigenvalue weighted by molar-refractivity contribution is 7.85. The summed E-state index contributed by atoms with van der Waals surface area (Å²) in [5.41, 5.74) is -0.0961. The zero-order valence-electron chi connectivity index (χ0n) is 17.9. The average Bonchev–Trinajstić information content (AvgIpc) is 3.23. The van der Waals surface area contributed by atoms with E-state index in [4.69, 9.17) is 21.2 Å². The molecule has 2 fully saturated rings. The highest BCUT2D eigenvalue weighted by Gasteiger charge is 2.57. The molecule has 0 spiro atoms. The van der Waals surface area contributed by atoms with Crippen LogP contribution in [0.2, 0.25) is 0 Å². The van der Waals surface area contributed by atoms with E-state index in [0.29, 0.717) is 0 Å². The molecule has 0 radical (unpaired) electrons. The lowest BCUT2D eigenvalue weighted by molar-refractivity contribution is -0.155. The van der Waals surface area contributed by atoms with Crippen LogP contribution in [0.15, 0.2) is 10.5 Å². The molecule has 2 N–H and O–H groups in total. The molecule has 15 heteroatoms. The second-order valence-electron chi connectivity index (χ2n) is 7.28. The van der Waals surface area contributed by atoms with Gasteiger partial charge < -0.3 is 25.1 Å². The number of thiazole rings is 1. The first-order valence-electron chi connectivity index (χ1n) is 9.74. The van der Waals surface area contributed by atoms with Gasteiger partial charge in [-0.15, -0.1) is 22.9 Å². The summed E-state index contributed by atoms with van der Waals surface area (Å²) in [6, 6.07) is -1.32. The van der Waals surface area contributed by atoms with Crippen molar-refractivity contribution in [2.45, 2.75) is 31.3 Å². The summed E-state index contributed by atoms with van der Waals surface area (Å²) < 4.78 is 17.8. The fraction of sp³-hybridized carbons (Fsp3) is 0.556. The summed E-state index contributed by atoms with van der Waals surface area (Å²) in [6.45, 7) is 3.13. The van der Waals surface area contributed by atoms with Gasteiger partial charge in [0, 0.05) is 40.8 Å². The van der Waals surface area contributed by atoms with Gasteiger partial charge in [0.05, 0.1) is 6.61 Å². The van der Waals surface area contributed by atoms with E-state index in [1.165, 1.54) is 24.3 Å². The Morgan fingerprint density at radius 3 is 2.79 bits per heavy atom. The number of amides is 3. The van der Waals surface area contributed by atoms with E-state index in [9.17, 15) is 23.4 Å². The number of nitrogens with one attached hydrogen (secondary N) is 2. The smallest absolute Gasteiger partial charge is 0.302 e. The molecule has 0 bridgehead atoms. The van der Waals surface area contributed by atoms with Crippen molar-refractivity contribution in [3.63, 3.8) is 0 Å². The Balaban J connectivity index is 1.70. The summed E-state index contributed by atoms with van der Waals surface area (Å²) in [6.07, 6.45) is 0. The number of ether oxygens (including phenoxy) is 1. The molecule has 3 heterocycles. The van der Waals surface area contributed by atoms with Crippen molar-refractivity contribution >= 4 is 68.3 Å². The molecular weight excluding hydrogens is 498 g/mol. The van der Waals surface area contributed by atoms with Gasteiger partial charge in [-0.25, -0.2) is 4.98 Å². The monoisotopic (exact) mass is 519 g/mol. The number of rotatable bonds is 8. The third-order valence-electron chi connectivity index (χ3n) is 5.15. The SMILES string of the molecule is CO/N=C(\C(=O)NC1C(=O)N2C(C)C(COC(C)=O)CS(=O)C12)c1csc(NC(=O)CCl)n1.